The number of aromatic hydroxyl groups is 1. The lowest BCUT2D eigenvalue weighted by molar-refractivity contribution is 0.409. The molecule has 3 heteroatoms. The van der Waals surface area contributed by atoms with E-state index >= 15 is 0 Å². The number of fused-ring (bicyclic) bond motifs is 1. The van der Waals surface area contributed by atoms with Crippen LogP contribution < -0.4 is 4.74 Å². The summed E-state index contributed by atoms with van der Waals surface area (Å²) in [5.41, 5.74) is 0.969. The van der Waals surface area contributed by atoms with Gasteiger partial charge in [-0.1, -0.05) is 0 Å². The highest BCUT2D eigenvalue weighted by Gasteiger charge is 2.05. The zero-order valence-corrected chi connectivity index (χ0v) is 7.61. The molecule has 0 unspecified atom stereocenters. The zero-order chi connectivity index (χ0) is 9.42. The van der Waals surface area contributed by atoms with Crippen LogP contribution >= 0.6 is 0 Å². The summed E-state index contributed by atoms with van der Waals surface area (Å²) < 4.78 is 7.00. The molecule has 13 heavy (non-hydrogen) atoms. The molecule has 2 rings (SSSR count). The van der Waals surface area contributed by atoms with Gasteiger partial charge in [0, 0.05) is 30.8 Å². The van der Waals surface area contributed by atoms with Crippen LogP contribution in [0.4, 0.5) is 0 Å². The molecule has 0 bridgehead atoms. The smallest absolute Gasteiger partial charge is 0.128 e. The Morgan fingerprint density at radius 1 is 1.38 bits per heavy atom. The number of rotatable bonds is 1. The number of methoxy groups -OCH3 is 1. The Kier molecular flexibility index (Phi) is 1.65. The van der Waals surface area contributed by atoms with Gasteiger partial charge in [-0.15, -0.1) is 0 Å². The second-order valence-corrected chi connectivity index (χ2v) is 3.01. The molecule has 1 N–H and O–H groups in total. The van der Waals surface area contributed by atoms with E-state index in [1.165, 1.54) is 0 Å². The number of phenols is 1. The summed E-state index contributed by atoms with van der Waals surface area (Å²) >= 11 is 0. The summed E-state index contributed by atoms with van der Waals surface area (Å²) in [5, 5.41) is 10.5. The van der Waals surface area contributed by atoms with Crippen LogP contribution in [0.25, 0.3) is 10.9 Å². The van der Waals surface area contributed by atoms with Crippen molar-refractivity contribution in [2.24, 2.45) is 7.05 Å². The Morgan fingerprint density at radius 3 is 2.85 bits per heavy atom. The van der Waals surface area contributed by atoms with Gasteiger partial charge in [0.15, 0.2) is 0 Å². The number of aromatic nitrogens is 1. The monoisotopic (exact) mass is 177 g/mol. The van der Waals surface area contributed by atoms with Gasteiger partial charge < -0.3 is 14.4 Å². The molecule has 1 heterocycles. The lowest BCUT2D eigenvalue weighted by atomic mass is 10.2. The van der Waals surface area contributed by atoms with Gasteiger partial charge in [-0.25, -0.2) is 0 Å². The number of hydrogen-bond donors (Lipinski definition) is 1. The first-order valence-corrected chi connectivity index (χ1v) is 4.04. The van der Waals surface area contributed by atoms with E-state index in [1.807, 2.05) is 29.9 Å². The van der Waals surface area contributed by atoms with Crippen molar-refractivity contribution in [2.75, 3.05) is 7.11 Å². The average molecular weight is 177 g/mol. The molecule has 0 aliphatic heterocycles. The SMILES string of the molecule is COc1cc(O)c2ccn(C)c2c1. The van der Waals surface area contributed by atoms with Crippen LogP contribution in [0.3, 0.4) is 0 Å². The van der Waals surface area contributed by atoms with Gasteiger partial charge in [-0.2, -0.15) is 0 Å². The van der Waals surface area contributed by atoms with E-state index < -0.39 is 0 Å². The topological polar surface area (TPSA) is 34.4 Å². The maximum Gasteiger partial charge on any atom is 0.128 e. The molecule has 1 aromatic heterocycles. The van der Waals surface area contributed by atoms with Crippen molar-refractivity contribution in [3.63, 3.8) is 0 Å². The normalized spacial score (nSPS) is 10.6. The summed E-state index contributed by atoms with van der Waals surface area (Å²) in [5.74, 6) is 0.932. The lowest BCUT2D eigenvalue weighted by Crippen LogP contribution is -1.86. The highest BCUT2D eigenvalue weighted by Crippen LogP contribution is 2.30. The van der Waals surface area contributed by atoms with Crippen molar-refractivity contribution in [3.05, 3.63) is 24.4 Å². The van der Waals surface area contributed by atoms with Crippen molar-refractivity contribution in [2.45, 2.75) is 0 Å². The Bertz CT molecular complexity index is 445. The molecule has 0 radical (unpaired) electrons. The third-order valence-electron chi connectivity index (χ3n) is 2.19. The van der Waals surface area contributed by atoms with Crippen LogP contribution in [-0.4, -0.2) is 16.8 Å². The zero-order valence-electron chi connectivity index (χ0n) is 7.61. The number of aryl methyl sites for hydroxylation is 1. The van der Waals surface area contributed by atoms with Gasteiger partial charge in [0.25, 0.3) is 0 Å². The molecule has 0 fully saturated rings. The second kappa shape index (κ2) is 2.69. The van der Waals surface area contributed by atoms with Crippen LogP contribution in [0, 0.1) is 0 Å². The molecule has 0 saturated heterocycles. The van der Waals surface area contributed by atoms with Crippen molar-refractivity contribution >= 4 is 10.9 Å². The van der Waals surface area contributed by atoms with Crippen molar-refractivity contribution in [3.8, 4) is 11.5 Å². The molecule has 0 amide bonds. The molecule has 0 saturated carbocycles. The van der Waals surface area contributed by atoms with Crippen LogP contribution in [0.15, 0.2) is 24.4 Å². The molecule has 0 aliphatic rings. The standard InChI is InChI=1S/C10H11NO2/c1-11-4-3-8-9(11)5-7(13-2)6-10(8)12/h3-6,12H,1-2H3. The number of nitrogens with zero attached hydrogens (tertiary/aromatic N) is 1. The summed E-state index contributed by atoms with van der Waals surface area (Å²) in [6.45, 7) is 0. The van der Waals surface area contributed by atoms with E-state index in [1.54, 1.807) is 13.2 Å². The molecule has 0 atom stereocenters. The first-order valence-electron chi connectivity index (χ1n) is 4.04. The minimum atomic E-state index is 0.259. The molecule has 68 valence electrons. The van der Waals surface area contributed by atoms with Gasteiger partial charge in [0.1, 0.15) is 11.5 Å². The van der Waals surface area contributed by atoms with E-state index in [9.17, 15) is 5.11 Å². The molecule has 2 aromatic rings. The summed E-state index contributed by atoms with van der Waals surface area (Å²) in [6, 6.07) is 5.39. The molecular weight excluding hydrogens is 166 g/mol. The third-order valence-corrected chi connectivity index (χ3v) is 2.19. The summed E-state index contributed by atoms with van der Waals surface area (Å²) in [6.07, 6.45) is 1.91. The average Bonchev–Trinajstić information content (AvgIpc) is 2.48. The van der Waals surface area contributed by atoms with E-state index in [-0.39, 0.29) is 5.75 Å². The lowest BCUT2D eigenvalue weighted by Gasteiger charge is -2.03. The van der Waals surface area contributed by atoms with Gasteiger partial charge in [0.05, 0.1) is 12.6 Å². The van der Waals surface area contributed by atoms with E-state index in [0.717, 1.165) is 10.9 Å². The Labute approximate surface area is 76.2 Å². The Balaban J connectivity index is 2.80. The largest absolute Gasteiger partial charge is 0.507 e. The fourth-order valence-corrected chi connectivity index (χ4v) is 1.44. The quantitative estimate of drug-likeness (QED) is 0.721. The molecule has 0 aliphatic carbocycles. The Hall–Kier alpha value is -1.64. The second-order valence-electron chi connectivity index (χ2n) is 3.01. The van der Waals surface area contributed by atoms with E-state index in [4.69, 9.17) is 4.74 Å². The maximum atomic E-state index is 9.60. The van der Waals surface area contributed by atoms with Crippen LogP contribution in [0.5, 0.6) is 11.5 Å². The first kappa shape index (κ1) is 7.98. The number of ether oxygens (including phenoxy) is 1. The highest BCUT2D eigenvalue weighted by molar-refractivity contribution is 5.87. The fourth-order valence-electron chi connectivity index (χ4n) is 1.44. The minimum Gasteiger partial charge on any atom is -0.507 e. The number of benzene rings is 1. The van der Waals surface area contributed by atoms with Crippen LogP contribution in [-0.2, 0) is 7.05 Å². The molecule has 0 spiro atoms. The van der Waals surface area contributed by atoms with Gasteiger partial charge in [0.2, 0.25) is 0 Å². The van der Waals surface area contributed by atoms with Crippen molar-refractivity contribution < 1.29 is 9.84 Å². The number of phenolic OH excluding ortho intramolecular Hbond substituents is 1. The minimum absolute atomic E-state index is 0.259. The molecule has 3 nitrogen and oxygen atoms in total. The van der Waals surface area contributed by atoms with E-state index in [2.05, 4.69) is 0 Å². The highest BCUT2D eigenvalue weighted by atomic mass is 16.5. The predicted octanol–water partition coefficient (Wildman–Crippen LogP) is 1.89. The van der Waals surface area contributed by atoms with Crippen LogP contribution in [0.1, 0.15) is 0 Å². The molecular formula is C10H11NO2. The van der Waals surface area contributed by atoms with Gasteiger partial charge in [-0.3, -0.25) is 0 Å². The predicted molar refractivity (Wildman–Crippen MR) is 51.1 cm³/mol. The number of hydrogen-bond acceptors (Lipinski definition) is 2. The first-order chi connectivity index (χ1) is 6.22. The maximum absolute atomic E-state index is 9.60. The summed E-state index contributed by atoms with van der Waals surface area (Å²) in [4.78, 5) is 0. The van der Waals surface area contributed by atoms with Gasteiger partial charge in [-0.05, 0) is 6.07 Å². The molecule has 1 aromatic carbocycles. The van der Waals surface area contributed by atoms with E-state index in [0.29, 0.717) is 5.75 Å². The van der Waals surface area contributed by atoms with Crippen molar-refractivity contribution in [1.82, 2.24) is 4.57 Å². The third kappa shape index (κ3) is 1.13. The summed E-state index contributed by atoms with van der Waals surface area (Å²) in [7, 11) is 3.52. The van der Waals surface area contributed by atoms with Gasteiger partial charge >= 0.3 is 0 Å². The fraction of sp³-hybridized carbons (Fsp3) is 0.200. The van der Waals surface area contributed by atoms with Crippen molar-refractivity contribution in [1.29, 1.82) is 0 Å². The Morgan fingerprint density at radius 2 is 2.15 bits per heavy atom. The van der Waals surface area contributed by atoms with Crippen LogP contribution in [0.2, 0.25) is 0 Å².